The number of carboxylic acid groups (broad SMARTS) is 1. The van der Waals surface area contributed by atoms with E-state index in [-0.39, 0.29) is 61.4 Å². The fourth-order valence-electron chi connectivity index (χ4n) is 5.15. The highest BCUT2D eigenvalue weighted by Gasteiger charge is 2.43. The Morgan fingerprint density at radius 3 is 2.50 bits per heavy atom. The molecule has 1 amide bonds. The van der Waals surface area contributed by atoms with E-state index in [0.29, 0.717) is 5.52 Å². The molecular formula is C27H25F2N3O8. The minimum absolute atomic E-state index is 0.0229. The molecule has 0 bridgehead atoms. The van der Waals surface area contributed by atoms with Gasteiger partial charge in [-0.3, -0.25) is 9.69 Å². The summed E-state index contributed by atoms with van der Waals surface area (Å²) in [6.45, 7) is -0.623. The Balaban J connectivity index is 1.16. The van der Waals surface area contributed by atoms with E-state index in [2.05, 4.69) is 0 Å². The second-order valence-electron chi connectivity index (χ2n) is 10.4. The first kappa shape index (κ1) is 26.0. The zero-order valence-electron chi connectivity index (χ0n) is 21.0. The first-order valence-electron chi connectivity index (χ1n) is 12.7. The number of cyclic esters (lactones) is 1. The molecule has 210 valence electrons. The summed E-state index contributed by atoms with van der Waals surface area (Å²) in [6.07, 6.45) is 1.52. The van der Waals surface area contributed by atoms with Gasteiger partial charge >= 0.3 is 12.1 Å². The van der Waals surface area contributed by atoms with Gasteiger partial charge in [-0.2, -0.15) is 0 Å². The lowest BCUT2D eigenvalue weighted by molar-refractivity contribution is -0.0287. The van der Waals surface area contributed by atoms with Crippen LogP contribution in [0.2, 0.25) is 0 Å². The maximum Gasteiger partial charge on any atom is 0.414 e. The van der Waals surface area contributed by atoms with Crippen LogP contribution in [0, 0.1) is 11.6 Å². The number of carboxylic acids is 1. The quantitative estimate of drug-likeness (QED) is 0.380. The smallest absolute Gasteiger partial charge is 0.414 e. The lowest BCUT2D eigenvalue weighted by Gasteiger charge is -2.47. The first-order valence-corrected chi connectivity index (χ1v) is 12.7. The molecule has 11 nitrogen and oxygen atoms in total. The minimum Gasteiger partial charge on any atom is -0.487 e. The number of benzene rings is 2. The van der Waals surface area contributed by atoms with Crippen molar-refractivity contribution >= 4 is 34.3 Å². The van der Waals surface area contributed by atoms with Crippen LogP contribution in [0.3, 0.4) is 0 Å². The summed E-state index contributed by atoms with van der Waals surface area (Å²) in [5.41, 5.74) is -1.81. The topological polar surface area (TPSA) is 142 Å². The largest absolute Gasteiger partial charge is 0.487 e. The molecule has 0 unspecified atom stereocenters. The standard InChI is InChI=1S/C27H25F2N3O8/c28-19-6-17-21(31(14-1-2-14)9-18(24(17)34)25(35)36)7-22(19)30-11-27(38,12-30)13-39-23-4-3-15(5-20(23)29)32-8-16(10-33)40-26(32)37/h3-7,9,14,16,33,38H,1-2,8,10-13H2,(H,35,36)/t16-/m1/s1. The van der Waals surface area contributed by atoms with Crippen molar-refractivity contribution in [2.45, 2.75) is 30.6 Å². The van der Waals surface area contributed by atoms with E-state index in [9.17, 15) is 34.1 Å². The molecule has 1 atom stereocenters. The van der Waals surface area contributed by atoms with Gasteiger partial charge in [-0.1, -0.05) is 0 Å². The van der Waals surface area contributed by atoms with Gasteiger partial charge in [0.05, 0.1) is 43.1 Å². The van der Waals surface area contributed by atoms with E-state index in [1.165, 1.54) is 29.3 Å². The number of aromatic carboxylic acids is 1. The number of anilines is 2. The third-order valence-corrected chi connectivity index (χ3v) is 7.38. The number of hydrogen-bond donors (Lipinski definition) is 3. The zero-order valence-corrected chi connectivity index (χ0v) is 21.0. The van der Waals surface area contributed by atoms with Crippen molar-refractivity contribution in [3.8, 4) is 5.75 Å². The van der Waals surface area contributed by atoms with Crippen LogP contribution < -0.4 is 20.0 Å². The molecule has 40 heavy (non-hydrogen) atoms. The summed E-state index contributed by atoms with van der Waals surface area (Å²) in [5, 5.41) is 29.4. The normalized spacial score (nSPS) is 20.0. The SMILES string of the molecule is O=C(O)c1cn(C2CC2)c2cc(N3CC(O)(COc4ccc(N5C[C@H](CO)OC5=O)cc4F)C3)c(F)cc2c1=O. The predicted octanol–water partition coefficient (Wildman–Crippen LogP) is 2.26. The van der Waals surface area contributed by atoms with Crippen LogP contribution in [-0.2, 0) is 4.74 Å². The average molecular weight is 558 g/mol. The summed E-state index contributed by atoms with van der Waals surface area (Å²) in [5.74, 6) is -3.03. The van der Waals surface area contributed by atoms with Crippen LogP contribution in [0.15, 0.2) is 41.3 Å². The van der Waals surface area contributed by atoms with E-state index in [1.54, 1.807) is 9.47 Å². The Morgan fingerprint density at radius 2 is 1.88 bits per heavy atom. The average Bonchev–Trinajstić information content (AvgIpc) is 3.67. The second kappa shape index (κ2) is 9.45. The Morgan fingerprint density at radius 1 is 1.12 bits per heavy atom. The summed E-state index contributed by atoms with van der Waals surface area (Å²) in [7, 11) is 0. The number of rotatable bonds is 8. The molecule has 3 aliphatic rings. The van der Waals surface area contributed by atoms with E-state index >= 15 is 4.39 Å². The number of halogens is 2. The Hall–Kier alpha value is -4.23. The Bertz CT molecular complexity index is 1600. The second-order valence-corrected chi connectivity index (χ2v) is 10.4. The third-order valence-electron chi connectivity index (χ3n) is 7.38. The summed E-state index contributed by atoms with van der Waals surface area (Å²) in [4.78, 5) is 38.9. The maximum atomic E-state index is 15.1. The lowest BCUT2D eigenvalue weighted by Crippen LogP contribution is -2.65. The molecule has 0 radical (unpaired) electrons. The van der Waals surface area contributed by atoms with Crippen molar-refractivity contribution in [3.63, 3.8) is 0 Å². The van der Waals surface area contributed by atoms with E-state index in [4.69, 9.17) is 9.47 Å². The van der Waals surface area contributed by atoms with Gasteiger partial charge in [0.2, 0.25) is 5.43 Å². The third kappa shape index (κ3) is 4.50. The highest BCUT2D eigenvalue weighted by atomic mass is 19.1. The molecule has 1 aliphatic carbocycles. The van der Waals surface area contributed by atoms with Crippen molar-refractivity contribution in [2.75, 3.05) is 42.6 Å². The van der Waals surface area contributed by atoms with Gasteiger partial charge in [-0.05, 0) is 37.1 Å². The molecule has 2 aliphatic heterocycles. The van der Waals surface area contributed by atoms with Crippen molar-refractivity contribution in [1.82, 2.24) is 4.57 Å². The van der Waals surface area contributed by atoms with E-state index in [0.717, 1.165) is 25.0 Å². The molecule has 3 aromatic rings. The number of carbonyl (C=O) groups is 2. The zero-order chi connectivity index (χ0) is 28.3. The molecular weight excluding hydrogens is 532 g/mol. The number of fused-ring (bicyclic) bond motifs is 1. The summed E-state index contributed by atoms with van der Waals surface area (Å²) in [6, 6.07) is 6.40. The van der Waals surface area contributed by atoms with Crippen molar-refractivity contribution < 1.29 is 43.2 Å². The maximum absolute atomic E-state index is 15.1. The van der Waals surface area contributed by atoms with Gasteiger partial charge < -0.3 is 34.3 Å². The van der Waals surface area contributed by atoms with Gasteiger partial charge in [0.15, 0.2) is 11.6 Å². The van der Waals surface area contributed by atoms with Crippen molar-refractivity contribution in [1.29, 1.82) is 0 Å². The van der Waals surface area contributed by atoms with Gasteiger partial charge in [0.25, 0.3) is 0 Å². The molecule has 6 rings (SSSR count). The number of nitrogens with zero attached hydrogens (tertiary/aromatic N) is 3. The van der Waals surface area contributed by atoms with Crippen LogP contribution in [0.4, 0.5) is 25.0 Å². The molecule has 3 fully saturated rings. The number of amides is 1. The molecule has 13 heteroatoms. The number of pyridine rings is 1. The number of aliphatic hydroxyl groups excluding tert-OH is 1. The molecule has 1 saturated carbocycles. The fraction of sp³-hybridized carbons (Fsp3) is 0.370. The van der Waals surface area contributed by atoms with Crippen molar-refractivity contribution in [3.05, 3.63) is 63.9 Å². The van der Waals surface area contributed by atoms with Gasteiger partial charge in [0.1, 0.15) is 29.7 Å². The molecule has 3 N–H and O–H groups in total. The van der Waals surface area contributed by atoms with E-state index < -0.39 is 46.4 Å². The number of aromatic nitrogens is 1. The number of β-amino-alcohol motifs (C(OH)–C–C–N with tert-alkyl or cyclic N) is 1. The van der Waals surface area contributed by atoms with Crippen LogP contribution in [0.25, 0.3) is 10.9 Å². The highest BCUT2D eigenvalue weighted by molar-refractivity contribution is 5.94. The first-order chi connectivity index (χ1) is 19.1. The number of aliphatic hydroxyl groups is 2. The minimum atomic E-state index is -1.41. The van der Waals surface area contributed by atoms with Crippen LogP contribution in [0.5, 0.6) is 5.75 Å². The lowest BCUT2D eigenvalue weighted by atomic mass is 9.94. The molecule has 2 aromatic carbocycles. The summed E-state index contributed by atoms with van der Waals surface area (Å²) >= 11 is 0. The monoisotopic (exact) mass is 557 g/mol. The predicted molar refractivity (Wildman–Crippen MR) is 137 cm³/mol. The van der Waals surface area contributed by atoms with Crippen molar-refractivity contribution in [2.24, 2.45) is 0 Å². The van der Waals surface area contributed by atoms with Gasteiger partial charge in [0, 0.05) is 23.7 Å². The van der Waals surface area contributed by atoms with Crippen LogP contribution in [-0.4, -0.2) is 76.5 Å². The Kier molecular flexibility index (Phi) is 6.15. The molecule has 3 heterocycles. The van der Waals surface area contributed by atoms with Crippen LogP contribution >= 0.6 is 0 Å². The molecule has 2 saturated heterocycles. The van der Waals surface area contributed by atoms with Gasteiger partial charge in [-0.15, -0.1) is 0 Å². The summed E-state index contributed by atoms with van der Waals surface area (Å²) < 4.78 is 42.0. The Labute approximate surface area is 225 Å². The molecule has 1 aromatic heterocycles. The number of ether oxygens (including phenoxy) is 2. The number of hydrogen-bond acceptors (Lipinski definition) is 8. The van der Waals surface area contributed by atoms with Gasteiger partial charge in [-0.25, -0.2) is 18.4 Å². The molecule has 0 spiro atoms. The van der Waals surface area contributed by atoms with Crippen LogP contribution in [0.1, 0.15) is 29.2 Å². The fourth-order valence-corrected chi connectivity index (χ4v) is 5.15. The highest BCUT2D eigenvalue weighted by Crippen LogP contribution is 2.39. The van der Waals surface area contributed by atoms with E-state index in [1.807, 2.05) is 0 Å². The number of carbonyl (C=O) groups excluding carboxylic acids is 1.